The lowest BCUT2D eigenvalue weighted by molar-refractivity contribution is 0.579. The number of aromatic amines is 1. The molecule has 0 saturated carbocycles. The van der Waals surface area contributed by atoms with E-state index in [4.69, 9.17) is 0 Å². The van der Waals surface area contributed by atoms with Gasteiger partial charge in [0.2, 0.25) is 0 Å². The van der Waals surface area contributed by atoms with Gasteiger partial charge in [-0.1, -0.05) is 20.8 Å². The molecule has 0 aromatic carbocycles. The van der Waals surface area contributed by atoms with Crippen molar-refractivity contribution in [2.24, 2.45) is 0 Å². The summed E-state index contributed by atoms with van der Waals surface area (Å²) < 4.78 is 0. The Balaban J connectivity index is 1.88. The third-order valence-corrected chi connectivity index (χ3v) is 4.07. The van der Waals surface area contributed by atoms with Gasteiger partial charge in [-0.2, -0.15) is 5.10 Å². The maximum atomic E-state index is 4.66. The first kappa shape index (κ1) is 13.2. The van der Waals surface area contributed by atoms with Crippen LogP contribution in [0.25, 0.3) is 0 Å². The molecule has 2 N–H and O–H groups in total. The van der Waals surface area contributed by atoms with E-state index in [1.165, 1.54) is 10.6 Å². The van der Waals surface area contributed by atoms with Crippen molar-refractivity contribution >= 4 is 11.3 Å². The second-order valence-corrected chi connectivity index (χ2v) is 6.38. The zero-order chi connectivity index (χ0) is 13.2. The minimum absolute atomic E-state index is 0.143. The highest BCUT2D eigenvalue weighted by atomic mass is 32.1. The smallest absolute Gasteiger partial charge is 0.0982 e. The molecule has 18 heavy (non-hydrogen) atoms. The highest BCUT2D eigenvalue weighted by Crippen LogP contribution is 2.25. The Morgan fingerprint density at radius 2 is 2.11 bits per heavy atom. The van der Waals surface area contributed by atoms with Gasteiger partial charge in [-0.3, -0.25) is 5.10 Å². The minimum atomic E-state index is 0.143. The van der Waals surface area contributed by atoms with Crippen LogP contribution >= 0.6 is 11.3 Å². The summed E-state index contributed by atoms with van der Waals surface area (Å²) in [5, 5.41) is 13.7. The first-order valence-corrected chi connectivity index (χ1v) is 6.99. The van der Waals surface area contributed by atoms with Crippen molar-refractivity contribution in [2.45, 2.75) is 46.2 Å². The van der Waals surface area contributed by atoms with Gasteiger partial charge in [0.15, 0.2) is 0 Å². The number of H-pyrrole nitrogens is 1. The summed E-state index contributed by atoms with van der Waals surface area (Å²) in [5.41, 5.74) is 3.59. The summed E-state index contributed by atoms with van der Waals surface area (Å²) in [4.78, 5) is 4.66. The van der Waals surface area contributed by atoms with Crippen LogP contribution in [0.2, 0.25) is 0 Å². The van der Waals surface area contributed by atoms with E-state index < -0.39 is 0 Å². The lowest BCUT2D eigenvalue weighted by Crippen LogP contribution is -2.14. The zero-order valence-corrected chi connectivity index (χ0v) is 12.2. The Bertz CT molecular complexity index is 507. The molecule has 0 radical (unpaired) electrons. The van der Waals surface area contributed by atoms with Crippen LogP contribution in [0.1, 0.15) is 42.7 Å². The van der Waals surface area contributed by atoms with E-state index in [1.54, 1.807) is 11.3 Å². The number of nitrogens with zero attached hydrogens (tertiary/aromatic N) is 2. The van der Waals surface area contributed by atoms with Crippen LogP contribution in [-0.2, 0) is 18.5 Å². The third kappa shape index (κ3) is 3.17. The monoisotopic (exact) mass is 264 g/mol. The van der Waals surface area contributed by atoms with Crippen LogP contribution in [0.4, 0.5) is 0 Å². The Morgan fingerprint density at radius 1 is 1.33 bits per heavy atom. The molecule has 2 heterocycles. The summed E-state index contributed by atoms with van der Waals surface area (Å²) in [6.45, 7) is 10.2. The molecule has 4 nitrogen and oxygen atoms in total. The molecule has 0 aliphatic heterocycles. The molecule has 0 saturated heterocycles. The topological polar surface area (TPSA) is 53.6 Å². The molecular formula is C13H20N4S. The molecule has 0 atom stereocenters. The Morgan fingerprint density at radius 3 is 2.67 bits per heavy atom. The number of thiazole rings is 1. The van der Waals surface area contributed by atoms with E-state index in [-0.39, 0.29) is 5.41 Å². The summed E-state index contributed by atoms with van der Waals surface area (Å²) in [7, 11) is 0. The fourth-order valence-electron chi connectivity index (χ4n) is 1.61. The quantitative estimate of drug-likeness (QED) is 0.893. The van der Waals surface area contributed by atoms with Gasteiger partial charge in [0.25, 0.3) is 0 Å². The van der Waals surface area contributed by atoms with Gasteiger partial charge < -0.3 is 5.32 Å². The van der Waals surface area contributed by atoms with Crippen LogP contribution in [0.5, 0.6) is 0 Å². The molecular weight excluding hydrogens is 244 g/mol. The van der Waals surface area contributed by atoms with Gasteiger partial charge in [0.05, 0.1) is 16.9 Å². The average molecular weight is 264 g/mol. The summed E-state index contributed by atoms with van der Waals surface area (Å²) >= 11 is 1.74. The second kappa shape index (κ2) is 5.20. The van der Waals surface area contributed by atoms with Gasteiger partial charge >= 0.3 is 0 Å². The molecule has 0 fully saturated rings. The molecule has 0 bridgehead atoms. The lowest BCUT2D eigenvalue weighted by atomic mass is 9.98. The van der Waals surface area contributed by atoms with Gasteiger partial charge in [0.1, 0.15) is 0 Å². The molecule has 2 rings (SSSR count). The first-order chi connectivity index (χ1) is 8.47. The Hall–Kier alpha value is -1.20. The third-order valence-electron chi connectivity index (χ3n) is 2.75. The maximum absolute atomic E-state index is 4.66. The molecule has 5 heteroatoms. The molecule has 98 valence electrons. The van der Waals surface area contributed by atoms with E-state index in [1.807, 2.05) is 13.1 Å². The molecule has 2 aromatic rings. The van der Waals surface area contributed by atoms with Gasteiger partial charge in [-0.15, -0.1) is 11.3 Å². The molecule has 2 aromatic heterocycles. The van der Waals surface area contributed by atoms with Crippen molar-refractivity contribution < 1.29 is 0 Å². The van der Waals surface area contributed by atoms with Gasteiger partial charge in [0, 0.05) is 35.1 Å². The number of hydrogen-bond donors (Lipinski definition) is 2. The minimum Gasteiger partial charge on any atom is -0.307 e. The standard InChI is InChI=1S/C13H20N4S/c1-9-10(6-15-17-9)5-14-7-11-8-18-12(16-11)13(2,3)4/h6,8,14H,5,7H2,1-4H3,(H,15,17). The van der Waals surface area contributed by atoms with E-state index in [0.29, 0.717) is 0 Å². The first-order valence-electron chi connectivity index (χ1n) is 6.11. The molecule has 0 aliphatic carbocycles. The van der Waals surface area contributed by atoms with Gasteiger partial charge in [-0.25, -0.2) is 4.98 Å². The predicted octanol–water partition coefficient (Wildman–Crippen LogP) is 2.76. The Labute approximate surface area is 112 Å². The van der Waals surface area contributed by atoms with E-state index >= 15 is 0 Å². The number of nitrogens with one attached hydrogen (secondary N) is 2. The number of hydrogen-bond acceptors (Lipinski definition) is 4. The van der Waals surface area contributed by atoms with Crippen LogP contribution in [0, 0.1) is 6.92 Å². The molecule has 0 aliphatic rings. The lowest BCUT2D eigenvalue weighted by Gasteiger charge is -2.13. The van der Waals surface area contributed by atoms with E-state index in [0.717, 1.165) is 24.5 Å². The van der Waals surface area contributed by atoms with Crippen LogP contribution in [0.3, 0.4) is 0 Å². The fourth-order valence-corrected chi connectivity index (χ4v) is 2.52. The summed E-state index contributed by atoms with van der Waals surface area (Å²) in [6.07, 6.45) is 1.87. The van der Waals surface area contributed by atoms with Crippen LogP contribution < -0.4 is 5.32 Å². The SMILES string of the molecule is Cc1[nH]ncc1CNCc1csc(C(C)(C)C)n1. The molecule has 0 spiro atoms. The highest BCUT2D eigenvalue weighted by Gasteiger charge is 2.17. The second-order valence-electron chi connectivity index (χ2n) is 5.52. The number of aryl methyl sites for hydroxylation is 1. The van der Waals surface area contributed by atoms with Crippen molar-refractivity contribution in [3.05, 3.63) is 33.5 Å². The maximum Gasteiger partial charge on any atom is 0.0982 e. The largest absolute Gasteiger partial charge is 0.307 e. The van der Waals surface area contributed by atoms with Crippen molar-refractivity contribution in [3.8, 4) is 0 Å². The molecule has 0 unspecified atom stereocenters. The zero-order valence-electron chi connectivity index (χ0n) is 11.4. The summed E-state index contributed by atoms with van der Waals surface area (Å²) in [6, 6.07) is 0. The van der Waals surface area contributed by atoms with Gasteiger partial charge in [-0.05, 0) is 6.92 Å². The van der Waals surface area contributed by atoms with Crippen molar-refractivity contribution in [1.29, 1.82) is 0 Å². The number of aromatic nitrogens is 3. The Kier molecular flexibility index (Phi) is 3.82. The fraction of sp³-hybridized carbons (Fsp3) is 0.538. The number of rotatable bonds is 4. The predicted molar refractivity (Wildman–Crippen MR) is 74.7 cm³/mol. The molecule has 0 amide bonds. The normalized spacial score (nSPS) is 12.0. The van der Waals surface area contributed by atoms with E-state index in [9.17, 15) is 0 Å². The van der Waals surface area contributed by atoms with Crippen LogP contribution in [0.15, 0.2) is 11.6 Å². The van der Waals surface area contributed by atoms with Crippen LogP contribution in [-0.4, -0.2) is 15.2 Å². The highest BCUT2D eigenvalue weighted by molar-refractivity contribution is 7.09. The van der Waals surface area contributed by atoms with E-state index in [2.05, 4.69) is 46.6 Å². The van der Waals surface area contributed by atoms with Crippen molar-refractivity contribution in [3.63, 3.8) is 0 Å². The van der Waals surface area contributed by atoms with Crippen molar-refractivity contribution in [1.82, 2.24) is 20.5 Å². The van der Waals surface area contributed by atoms with Crippen molar-refractivity contribution in [2.75, 3.05) is 0 Å². The average Bonchev–Trinajstić information content (AvgIpc) is 2.88. The summed E-state index contributed by atoms with van der Waals surface area (Å²) in [5.74, 6) is 0.